The number of carbonyl (C=O) groups excluding carboxylic acids is 1. The van der Waals surface area contributed by atoms with Crippen LogP contribution in [0.25, 0.3) is 0 Å². The number of aromatic nitrogens is 1. The Kier molecular flexibility index (Phi) is 4.27. The molecular weight excluding hydrogens is 141 g/mol. The van der Waals surface area contributed by atoms with Gasteiger partial charge in [-0.2, -0.15) is 0 Å². The second-order valence-corrected chi connectivity index (χ2v) is 1.53. The Morgan fingerprint density at radius 1 is 1.60 bits per heavy atom. The molecule has 0 radical (unpaired) electrons. The van der Waals surface area contributed by atoms with Crippen LogP contribution in [0.5, 0.6) is 0 Å². The Morgan fingerprint density at radius 3 is 2.60 bits per heavy atom. The number of hydrogen-bond donors (Lipinski definition) is 0. The van der Waals surface area contributed by atoms with Crippen LogP contribution in [-0.4, -0.2) is 11.0 Å². The van der Waals surface area contributed by atoms with Crippen LogP contribution in [0.15, 0.2) is 24.5 Å². The van der Waals surface area contributed by atoms with E-state index in [1.807, 2.05) is 0 Å². The molecule has 0 saturated carbocycles. The van der Waals surface area contributed by atoms with Crippen LogP contribution in [-0.2, 0) is 0 Å². The molecule has 0 bridgehead atoms. The van der Waals surface area contributed by atoms with Crippen LogP contribution in [0, 0.1) is 0 Å². The number of nitrogens with zero attached hydrogens (tertiary/aromatic N) is 1. The maximum Gasteiger partial charge on any atom is 1.00 e. The van der Waals surface area contributed by atoms with E-state index < -0.39 is 5.97 Å². The van der Waals surface area contributed by atoms with Crippen LogP contribution in [0.2, 0.25) is 0 Å². The molecule has 0 aromatic carbocycles. The van der Waals surface area contributed by atoms with Crippen LogP contribution in [0.3, 0.4) is 0 Å². The SMILES string of the molecule is O=C([O-])c1cccnc1.[Na+]. The number of carbonyl (C=O) groups is 1. The van der Waals surface area contributed by atoms with Crippen LogP contribution in [0.1, 0.15) is 10.4 Å². The molecule has 46 valence electrons. The van der Waals surface area contributed by atoms with Gasteiger partial charge < -0.3 is 9.90 Å². The summed E-state index contributed by atoms with van der Waals surface area (Å²) >= 11 is 0. The average Bonchev–Trinajstić information content (AvgIpc) is 1.90. The van der Waals surface area contributed by atoms with Gasteiger partial charge in [0, 0.05) is 18.0 Å². The molecule has 0 amide bonds. The minimum Gasteiger partial charge on any atom is -0.545 e. The first-order chi connectivity index (χ1) is 4.30. The predicted molar refractivity (Wildman–Crippen MR) is 28.6 cm³/mol. The zero-order valence-corrected chi connectivity index (χ0v) is 7.57. The molecule has 0 spiro atoms. The van der Waals surface area contributed by atoms with Gasteiger partial charge in [0.15, 0.2) is 0 Å². The molecule has 1 aromatic heterocycles. The third kappa shape index (κ3) is 2.47. The summed E-state index contributed by atoms with van der Waals surface area (Å²) < 4.78 is 0. The first-order valence-corrected chi connectivity index (χ1v) is 2.42. The number of aromatic carboxylic acids is 1. The van der Waals surface area contributed by atoms with Crippen molar-refractivity contribution in [3.05, 3.63) is 30.1 Å². The normalized spacial score (nSPS) is 8.00. The Balaban J connectivity index is 0.000000810. The summed E-state index contributed by atoms with van der Waals surface area (Å²) in [5.74, 6) is -1.19. The summed E-state index contributed by atoms with van der Waals surface area (Å²) in [7, 11) is 0. The van der Waals surface area contributed by atoms with Crippen molar-refractivity contribution in [3.63, 3.8) is 0 Å². The molecule has 3 nitrogen and oxygen atoms in total. The predicted octanol–water partition coefficient (Wildman–Crippen LogP) is -3.55. The van der Waals surface area contributed by atoms with E-state index in [2.05, 4.69) is 4.98 Å². The first kappa shape index (κ1) is 9.62. The van der Waals surface area contributed by atoms with Crippen molar-refractivity contribution in [3.8, 4) is 0 Å². The van der Waals surface area contributed by atoms with Gasteiger partial charge in [-0.25, -0.2) is 0 Å². The fraction of sp³-hybridized carbons (Fsp3) is 0. The minimum absolute atomic E-state index is 0. The molecule has 0 N–H and O–H groups in total. The van der Waals surface area contributed by atoms with Crippen molar-refractivity contribution in [2.24, 2.45) is 0 Å². The fourth-order valence-corrected chi connectivity index (χ4v) is 0.484. The van der Waals surface area contributed by atoms with Crippen molar-refractivity contribution in [2.75, 3.05) is 0 Å². The third-order valence-corrected chi connectivity index (χ3v) is 0.897. The summed E-state index contributed by atoms with van der Waals surface area (Å²) in [4.78, 5) is 13.6. The molecule has 1 rings (SSSR count). The van der Waals surface area contributed by atoms with Gasteiger partial charge in [-0.1, -0.05) is 6.07 Å². The van der Waals surface area contributed by atoms with Crippen molar-refractivity contribution in [2.45, 2.75) is 0 Å². The Bertz CT molecular complexity index is 212. The summed E-state index contributed by atoms with van der Waals surface area (Å²) in [5, 5.41) is 10.0. The topological polar surface area (TPSA) is 53.0 Å². The molecule has 0 saturated heterocycles. The quantitative estimate of drug-likeness (QED) is 0.384. The molecule has 10 heavy (non-hydrogen) atoms. The number of carboxylic acids is 1. The van der Waals surface area contributed by atoms with Crippen molar-refractivity contribution in [1.82, 2.24) is 4.98 Å². The molecule has 1 aromatic rings. The van der Waals surface area contributed by atoms with Crippen molar-refractivity contribution >= 4 is 5.97 Å². The standard InChI is InChI=1S/C6H5NO2.Na/c8-6(9)5-2-1-3-7-4-5;/h1-4H,(H,8,9);/q;+1/p-1. The van der Waals surface area contributed by atoms with Gasteiger partial charge in [0.1, 0.15) is 0 Å². The molecule has 0 fully saturated rings. The molecule has 0 unspecified atom stereocenters. The van der Waals surface area contributed by atoms with Gasteiger partial charge in [0.2, 0.25) is 0 Å². The van der Waals surface area contributed by atoms with Crippen molar-refractivity contribution < 1.29 is 39.5 Å². The van der Waals surface area contributed by atoms with Crippen LogP contribution in [0.4, 0.5) is 0 Å². The maximum absolute atomic E-state index is 10.0. The number of pyridine rings is 1. The van der Waals surface area contributed by atoms with Crippen LogP contribution >= 0.6 is 0 Å². The van der Waals surface area contributed by atoms with E-state index in [1.54, 1.807) is 6.07 Å². The molecule has 0 aliphatic rings. The molecule has 1 heterocycles. The van der Waals surface area contributed by atoms with Gasteiger partial charge in [0.05, 0.1) is 5.97 Å². The van der Waals surface area contributed by atoms with Gasteiger partial charge in [-0.05, 0) is 6.07 Å². The smallest absolute Gasteiger partial charge is 0.545 e. The van der Waals surface area contributed by atoms with E-state index in [-0.39, 0.29) is 35.1 Å². The van der Waals surface area contributed by atoms with Gasteiger partial charge in [-0.15, -0.1) is 0 Å². The number of carboxylic acid groups (broad SMARTS) is 1. The van der Waals surface area contributed by atoms with Crippen LogP contribution < -0.4 is 34.7 Å². The molecule has 4 heteroatoms. The van der Waals surface area contributed by atoms with E-state index >= 15 is 0 Å². The monoisotopic (exact) mass is 145 g/mol. The molecule has 0 aliphatic heterocycles. The second kappa shape index (κ2) is 4.44. The van der Waals surface area contributed by atoms with Crippen molar-refractivity contribution in [1.29, 1.82) is 0 Å². The Morgan fingerprint density at radius 2 is 2.30 bits per heavy atom. The summed E-state index contributed by atoms with van der Waals surface area (Å²) in [6.07, 6.45) is 2.75. The van der Waals surface area contributed by atoms with E-state index in [4.69, 9.17) is 0 Å². The Labute approximate surface area is 80.4 Å². The maximum atomic E-state index is 10.0. The second-order valence-electron chi connectivity index (χ2n) is 1.53. The molecule has 0 atom stereocenters. The number of rotatable bonds is 1. The molecular formula is C6H4NNaO2. The minimum atomic E-state index is -1.19. The van der Waals surface area contributed by atoms with Gasteiger partial charge in [-0.3, -0.25) is 4.98 Å². The van der Waals surface area contributed by atoms with E-state index in [0.29, 0.717) is 0 Å². The fourth-order valence-electron chi connectivity index (χ4n) is 0.484. The van der Waals surface area contributed by atoms with E-state index in [9.17, 15) is 9.90 Å². The summed E-state index contributed by atoms with van der Waals surface area (Å²) in [5.41, 5.74) is 0.109. The Hall–Kier alpha value is -0.380. The largest absolute Gasteiger partial charge is 1.00 e. The summed E-state index contributed by atoms with van der Waals surface area (Å²) in [6, 6.07) is 2.98. The van der Waals surface area contributed by atoms with Gasteiger partial charge in [0.25, 0.3) is 0 Å². The molecule has 0 aliphatic carbocycles. The zero-order valence-electron chi connectivity index (χ0n) is 5.57. The van der Waals surface area contributed by atoms with E-state index in [0.717, 1.165) is 0 Å². The average molecular weight is 145 g/mol. The third-order valence-electron chi connectivity index (χ3n) is 0.897. The zero-order chi connectivity index (χ0) is 6.69. The number of hydrogen-bond acceptors (Lipinski definition) is 3. The van der Waals surface area contributed by atoms with E-state index in [1.165, 1.54) is 18.5 Å². The first-order valence-electron chi connectivity index (χ1n) is 2.42. The van der Waals surface area contributed by atoms with Gasteiger partial charge >= 0.3 is 29.6 Å². The summed E-state index contributed by atoms with van der Waals surface area (Å²) in [6.45, 7) is 0.